The standard InChI is InChI=1S/C20H14FNO3S/c21-13-7-8-18(25-10-9-14-4-3-11-26-14)17(12-13)22-19(23)15-5-1-2-6-16(15)20(22)24/h1-8,11-12H,9-10H2. The number of anilines is 1. The Kier molecular flexibility index (Phi) is 4.26. The molecule has 1 aliphatic rings. The molecule has 0 saturated heterocycles. The van der Waals surface area contributed by atoms with Crippen LogP contribution >= 0.6 is 11.3 Å². The number of ether oxygens (including phenoxy) is 1. The van der Waals surface area contributed by atoms with Crippen molar-refractivity contribution in [1.29, 1.82) is 0 Å². The van der Waals surface area contributed by atoms with Crippen LogP contribution in [-0.2, 0) is 6.42 Å². The van der Waals surface area contributed by atoms with Crippen molar-refractivity contribution in [3.63, 3.8) is 0 Å². The summed E-state index contributed by atoms with van der Waals surface area (Å²) in [5, 5.41) is 1.98. The molecule has 4 rings (SSSR count). The van der Waals surface area contributed by atoms with Crippen molar-refractivity contribution in [3.05, 3.63) is 81.8 Å². The second kappa shape index (κ2) is 6.72. The topological polar surface area (TPSA) is 46.6 Å². The van der Waals surface area contributed by atoms with Crippen molar-refractivity contribution in [1.82, 2.24) is 0 Å². The molecule has 3 aromatic rings. The highest BCUT2D eigenvalue weighted by Gasteiger charge is 2.37. The smallest absolute Gasteiger partial charge is 0.266 e. The molecule has 2 heterocycles. The summed E-state index contributed by atoms with van der Waals surface area (Å²) in [6.45, 7) is 0.363. The Bertz CT molecular complexity index is 949. The molecule has 0 bridgehead atoms. The summed E-state index contributed by atoms with van der Waals surface area (Å²) in [4.78, 5) is 27.5. The number of halogens is 1. The number of imide groups is 1. The van der Waals surface area contributed by atoms with Gasteiger partial charge in [0.2, 0.25) is 0 Å². The van der Waals surface area contributed by atoms with E-state index in [0.29, 0.717) is 29.9 Å². The first-order valence-corrected chi connectivity index (χ1v) is 8.95. The summed E-state index contributed by atoms with van der Waals surface area (Å²) >= 11 is 1.62. The fourth-order valence-corrected chi connectivity index (χ4v) is 3.60. The monoisotopic (exact) mass is 367 g/mol. The number of hydrogen-bond acceptors (Lipinski definition) is 4. The molecule has 1 aromatic heterocycles. The number of carbonyl (C=O) groups excluding carboxylic acids is 2. The Labute approximate surface area is 153 Å². The van der Waals surface area contributed by atoms with Crippen LogP contribution < -0.4 is 9.64 Å². The molecule has 0 spiro atoms. The lowest BCUT2D eigenvalue weighted by Gasteiger charge is -2.18. The van der Waals surface area contributed by atoms with E-state index < -0.39 is 17.6 Å². The minimum atomic E-state index is -0.540. The number of fused-ring (bicyclic) bond motifs is 1. The molecular formula is C20H14FNO3S. The molecule has 4 nitrogen and oxygen atoms in total. The van der Waals surface area contributed by atoms with E-state index in [1.807, 2.05) is 17.5 Å². The maximum absolute atomic E-state index is 13.8. The molecular weight excluding hydrogens is 353 g/mol. The van der Waals surface area contributed by atoms with Crippen LogP contribution in [0.1, 0.15) is 25.6 Å². The van der Waals surface area contributed by atoms with Gasteiger partial charge in [0.25, 0.3) is 11.8 Å². The van der Waals surface area contributed by atoms with Gasteiger partial charge >= 0.3 is 0 Å². The van der Waals surface area contributed by atoms with E-state index in [1.165, 1.54) is 12.1 Å². The van der Waals surface area contributed by atoms with Gasteiger partial charge in [-0.1, -0.05) is 18.2 Å². The van der Waals surface area contributed by atoms with E-state index in [9.17, 15) is 14.0 Å². The minimum Gasteiger partial charge on any atom is -0.491 e. The van der Waals surface area contributed by atoms with Crippen molar-refractivity contribution >= 4 is 28.8 Å². The summed E-state index contributed by atoms with van der Waals surface area (Å²) in [5.74, 6) is -1.18. The molecule has 2 amide bonds. The van der Waals surface area contributed by atoms with Gasteiger partial charge in [-0.2, -0.15) is 0 Å². The molecule has 0 fully saturated rings. The van der Waals surface area contributed by atoms with Crippen molar-refractivity contribution in [2.75, 3.05) is 11.5 Å². The first-order valence-electron chi connectivity index (χ1n) is 8.07. The van der Waals surface area contributed by atoms with Gasteiger partial charge in [0.05, 0.1) is 23.4 Å². The normalized spacial score (nSPS) is 13.2. The second-order valence-electron chi connectivity index (χ2n) is 5.78. The number of amides is 2. The highest BCUT2D eigenvalue weighted by Crippen LogP contribution is 2.35. The van der Waals surface area contributed by atoms with Gasteiger partial charge in [-0.15, -0.1) is 11.3 Å². The van der Waals surface area contributed by atoms with E-state index in [1.54, 1.807) is 35.6 Å². The van der Waals surface area contributed by atoms with Crippen LogP contribution in [0.25, 0.3) is 0 Å². The van der Waals surface area contributed by atoms with Crippen molar-refractivity contribution in [2.45, 2.75) is 6.42 Å². The Morgan fingerprint density at radius 3 is 2.35 bits per heavy atom. The third-order valence-corrected chi connectivity index (χ3v) is 5.08. The Morgan fingerprint density at radius 1 is 0.962 bits per heavy atom. The van der Waals surface area contributed by atoms with Crippen LogP contribution in [0.3, 0.4) is 0 Å². The molecule has 0 radical (unpaired) electrons. The third-order valence-electron chi connectivity index (χ3n) is 4.14. The van der Waals surface area contributed by atoms with Crippen LogP contribution in [0.5, 0.6) is 5.75 Å². The molecule has 0 aliphatic carbocycles. The van der Waals surface area contributed by atoms with Crippen LogP contribution in [-0.4, -0.2) is 18.4 Å². The molecule has 0 N–H and O–H groups in total. The number of thiophene rings is 1. The van der Waals surface area contributed by atoms with Gasteiger partial charge in [0.15, 0.2) is 0 Å². The largest absolute Gasteiger partial charge is 0.491 e. The summed E-state index contributed by atoms with van der Waals surface area (Å²) in [6, 6.07) is 14.4. The summed E-state index contributed by atoms with van der Waals surface area (Å²) in [6.07, 6.45) is 0.691. The lowest BCUT2D eigenvalue weighted by atomic mass is 10.1. The number of rotatable bonds is 5. The Hall–Kier alpha value is -2.99. The van der Waals surface area contributed by atoms with Crippen molar-refractivity contribution in [2.24, 2.45) is 0 Å². The summed E-state index contributed by atoms with van der Waals surface area (Å²) in [7, 11) is 0. The zero-order valence-corrected chi connectivity index (χ0v) is 14.5. The van der Waals surface area contributed by atoms with E-state index in [2.05, 4.69) is 0 Å². The van der Waals surface area contributed by atoms with E-state index in [-0.39, 0.29) is 5.69 Å². The minimum absolute atomic E-state index is 0.127. The van der Waals surface area contributed by atoms with Crippen molar-refractivity contribution in [3.8, 4) is 5.75 Å². The van der Waals surface area contributed by atoms with Gasteiger partial charge < -0.3 is 4.74 Å². The van der Waals surface area contributed by atoms with Gasteiger partial charge in [-0.3, -0.25) is 9.59 Å². The Morgan fingerprint density at radius 2 is 1.69 bits per heavy atom. The lowest BCUT2D eigenvalue weighted by Crippen LogP contribution is -2.30. The molecule has 2 aromatic carbocycles. The highest BCUT2D eigenvalue weighted by atomic mass is 32.1. The summed E-state index contributed by atoms with van der Waals surface area (Å²) < 4.78 is 19.6. The van der Waals surface area contributed by atoms with Crippen molar-refractivity contribution < 1.29 is 18.7 Å². The van der Waals surface area contributed by atoms with Crippen LogP contribution in [0, 0.1) is 5.82 Å². The fraction of sp³-hybridized carbons (Fsp3) is 0.100. The molecule has 0 saturated carbocycles. The molecule has 0 atom stereocenters. The second-order valence-corrected chi connectivity index (χ2v) is 6.81. The van der Waals surface area contributed by atoms with Crippen LogP contribution in [0.4, 0.5) is 10.1 Å². The quantitative estimate of drug-likeness (QED) is 0.632. The fourth-order valence-electron chi connectivity index (χ4n) is 2.91. The average Bonchev–Trinajstić information content (AvgIpc) is 3.24. The van der Waals surface area contributed by atoms with Gasteiger partial charge in [0, 0.05) is 17.4 Å². The molecule has 26 heavy (non-hydrogen) atoms. The number of benzene rings is 2. The van der Waals surface area contributed by atoms with E-state index in [0.717, 1.165) is 15.8 Å². The molecule has 130 valence electrons. The maximum Gasteiger partial charge on any atom is 0.266 e. The number of hydrogen-bond donors (Lipinski definition) is 0. The predicted octanol–water partition coefficient (Wildman–Crippen LogP) is 4.31. The van der Waals surface area contributed by atoms with Crippen LogP contribution in [0.2, 0.25) is 0 Å². The SMILES string of the molecule is O=C1c2ccccc2C(=O)N1c1cc(F)ccc1OCCc1cccs1. The average molecular weight is 367 g/mol. The predicted molar refractivity (Wildman–Crippen MR) is 97.5 cm³/mol. The highest BCUT2D eigenvalue weighted by molar-refractivity contribution is 7.09. The molecule has 1 aliphatic heterocycles. The molecule has 6 heteroatoms. The number of carbonyl (C=O) groups is 2. The van der Waals surface area contributed by atoms with Gasteiger partial charge in [-0.25, -0.2) is 9.29 Å². The van der Waals surface area contributed by atoms with Gasteiger partial charge in [0.1, 0.15) is 11.6 Å². The van der Waals surface area contributed by atoms with Gasteiger partial charge in [-0.05, 0) is 35.7 Å². The lowest BCUT2D eigenvalue weighted by molar-refractivity contribution is 0.0925. The summed E-state index contributed by atoms with van der Waals surface area (Å²) in [5.41, 5.74) is 0.750. The number of nitrogens with zero attached hydrogens (tertiary/aromatic N) is 1. The third kappa shape index (κ3) is 2.88. The Balaban J connectivity index is 1.63. The first kappa shape index (κ1) is 16.5. The molecule has 0 unspecified atom stereocenters. The van der Waals surface area contributed by atoms with E-state index in [4.69, 9.17) is 4.74 Å². The zero-order valence-electron chi connectivity index (χ0n) is 13.6. The maximum atomic E-state index is 13.8. The first-order chi connectivity index (χ1) is 12.6. The van der Waals surface area contributed by atoms with Crippen LogP contribution in [0.15, 0.2) is 60.0 Å². The van der Waals surface area contributed by atoms with E-state index >= 15 is 0 Å². The zero-order chi connectivity index (χ0) is 18.1.